The lowest BCUT2D eigenvalue weighted by atomic mass is 9.94. The fourth-order valence-corrected chi connectivity index (χ4v) is 1.78. The van der Waals surface area contributed by atoms with Gasteiger partial charge >= 0.3 is 5.97 Å². The van der Waals surface area contributed by atoms with E-state index in [1.54, 1.807) is 32.0 Å². The van der Waals surface area contributed by atoms with Crippen molar-refractivity contribution in [2.75, 3.05) is 0 Å². The van der Waals surface area contributed by atoms with E-state index in [4.69, 9.17) is 16.7 Å². The van der Waals surface area contributed by atoms with Crippen molar-refractivity contribution >= 4 is 17.6 Å². The third-order valence-corrected chi connectivity index (χ3v) is 2.97. The Morgan fingerprint density at radius 2 is 2.21 bits per heavy atom. The normalized spacial score (nSPS) is 11.5. The fraction of sp³-hybridized carbons (Fsp3) is 0.333. The molecule has 1 N–H and O–H groups in total. The van der Waals surface area contributed by atoms with Gasteiger partial charge in [0.15, 0.2) is 5.82 Å². The Morgan fingerprint density at radius 3 is 2.84 bits per heavy atom. The number of carbonyl (C=O) groups is 1. The molecule has 0 atom stereocenters. The molecule has 1 aromatic carbocycles. The topological polar surface area (TPSA) is 80.9 Å². The average molecular weight is 281 g/mol. The number of aliphatic carboxylic acids is 1. The highest BCUT2D eigenvalue weighted by molar-refractivity contribution is 6.30. The minimum absolute atomic E-state index is 0.178. The zero-order valence-corrected chi connectivity index (χ0v) is 11.3. The number of rotatable bonds is 4. The number of tetrazole rings is 1. The summed E-state index contributed by atoms with van der Waals surface area (Å²) in [5.74, 6) is -0.406. The van der Waals surface area contributed by atoms with E-state index in [1.807, 2.05) is 6.07 Å². The molecule has 0 aliphatic carbocycles. The molecule has 0 bridgehead atoms. The number of hydrogen-bond acceptors (Lipinski definition) is 4. The Labute approximate surface area is 115 Å². The number of nitrogens with zero attached hydrogens (tertiary/aromatic N) is 4. The first-order valence-corrected chi connectivity index (χ1v) is 6.03. The van der Waals surface area contributed by atoms with Crippen LogP contribution in [-0.2, 0) is 11.3 Å². The number of halogens is 1. The van der Waals surface area contributed by atoms with Crippen molar-refractivity contribution in [1.29, 1.82) is 0 Å². The lowest BCUT2D eigenvalue weighted by Gasteiger charge is -2.19. The molecule has 1 aromatic heterocycles. The maximum absolute atomic E-state index is 11.1. The Kier molecular flexibility index (Phi) is 3.53. The SMILES string of the molecule is CC(C)(Cn1nnnc1-c1cccc(Cl)c1)C(=O)O. The van der Waals surface area contributed by atoms with Gasteiger partial charge in [-0.1, -0.05) is 23.7 Å². The van der Waals surface area contributed by atoms with Gasteiger partial charge in [0.2, 0.25) is 0 Å². The molecule has 100 valence electrons. The molecular weight excluding hydrogens is 268 g/mol. The lowest BCUT2D eigenvalue weighted by molar-refractivity contribution is -0.147. The molecule has 0 fully saturated rings. The minimum atomic E-state index is -0.956. The molecule has 19 heavy (non-hydrogen) atoms. The van der Waals surface area contributed by atoms with Gasteiger partial charge in [0, 0.05) is 10.6 Å². The molecule has 0 saturated carbocycles. The van der Waals surface area contributed by atoms with Gasteiger partial charge in [-0.05, 0) is 36.4 Å². The predicted octanol–water partition coefficient (Wildman–Crippen LogP) is 2.10. The molecule has 7 heteroatoms. The van der Waals surface area contributed by atoms with Crippen LogP contribution in [0, 0.1) is 5.41 Å². The summed E-state index contributed by atoms with van der Waals surface area (Å²) >= 11 is 5.93. The van der Waals surface area contributed by atoms with Crippen LogP contribution in [0.4, 0.5) is 0 Å². The fourth-order valence-electron chi connectivity index (χ4n) is 1.59. The first kappa shape index (κ1) is 13.5. The van der Waals surface area contributed by atoms with Crippen molar-refractivity contribution in [2.24, 2.45) is 5.41 Å². The molecule has 6 nitrogen and oxygen atoms in total. The number of aromatic nitrogens is 4. The number of hydrogen-bond donors (Lipinski definition) is 1. The summed E-state index contributed by atoms with van der Waals surface area (Å²) in [5.41, 5.74) is -0.207. The first-order valence-electron chi connectivity index (χ1n) is 5.66. The second-order valence-corrected chi connectivity index (χ2v) is 5.30. The van der Waals surface area contributed by atoms with Crippen LogP contribution < -0.4 is 0 Å². The van der Waals surface area contributed by atoms with E-state index < -0.39 is 11.4 Å². The molecule has 0 unspecified atom stereocenters. The largest absolute Gasteiger partial charge is 0.481 e. The lowest BCUT2D eigenvalue weighted by Crippen LogP contribution is -2.30. The predicted molar refractivity (Wildman–Crippen MR) is 69.7 cm³/mol. The Morgan fingerprint density at radius 1 is 1.47 bits per heavy atom. The highest BCUT2D eigenvalue weighted by Gasteiger charge is 2.29. The smallest absolute Gasteiger partial charge is 0.310 e. The number of carboxylic acid groups (broad SMARTS) is 1. The molecule has 2 aromatic rings. The average Bonchev–Trinajstić information content (AvgIpc) is 2.76. The second kappa shape index (κ2) is 4.97. The van der Waals surface area contributed by atoms with Crippen LogP contribution in [0.2, 0.25) is 5.02 Å². The van der Waals surface area contributed by atoms with Crippen LogP contribution in [0.3, 0.4) is 0 Å². The third-order valence-electron chi connectivity index (χ3n) is 2.74. The standard InChI is InChI=1S/C12H13ClN4O2/c1-12(2,11(18)19)7-17-10(14-15-16-17)8-4-3-5-9(13)6-8/h3-6H,7H2,1-2H3,(H,18,19). The summed E-state index contributed by atoms with van der Waals surface area (Å²) in [4.78, 5) is 11.1. The van der Waals surface area contributed by atoms with Crippen LogP contribution >= 0.6 is 11.6 Å². The van der Waals surface area contributed by atoms with E-state index in [1.165, 1.54) is 4.68 Å². The zero-order valence-electron chi connectivity index (χ0n) is 10.5. The van der Waals surface area contributed by atoms with E-state index in [-0.39, 0.29) is 6.54 Å². The van der Waals surface area contributed by atoms with E-state index in [0.717, 1.165) is 5.56 Å². The summed E-state index contributed by atoms with van der Waals surface area (Å²) in [7, 11) is 0. The van der Waals surface area contributed by atoms with Crippen molar-refractivity contribution in [3.8, 4) is 11.4 Å². The van der Waals surface area contributed by atoms with Gasteiger partial charge in [0.05, 0.1) is 12.0 Å². The van der Waals surface area contributed by atoms with Gasteiger partial charge in [-0.15, -0.1) is 5.10 Å². The molecular formula is C12H13ClN4O2. The van der Waals surface area contributed by atoms with Crippen LogP contribution in [-0.4, -0.2) is 31.3 Å². The molecule has 1 heterocycles. The molecule has 0 amide bonds. The summed E-state index contributed by atoms with van der Waals surface area (Å²) < 4.78 is 1.47. The van der Waals surface area contributed by atoms with Crippen molar-refractivity contribution < 1.29 is 9.90 Å². The maximum atomic E-state index is 11.1. The molecule has 2 rings (SSSR count). The van der Waals surface area contributed by atoms with Gasteiger partial charge in [0.1, 0.15) is 0 Å². The highest BCUT2D eigenvalue weighted by Crippen LogP contribution is 2.24. The van der Waals surface area contributed by atoms with Crippen molar-refractivity contribution in [3.05, 3.63) is 29.3 Å². The Hall–Kier alpha value is -1.95. The zero-order chi connectivity index (χ0) is 14.0. The van der Waals surface area contributed by atoms with Gasteiger partial charge in [-0.25, -0.2) is 4.68 Å². The van der Waals surface area contributed by atoms with E-state index in [0.29, 0.717) is 10.8 Å². The van der Waals surface area contributed by atoms with Crippen molar-refractivity contribution in [2.45, 2.75) is 20.4 Å². The van der Waals surface area contributed by atoms with Crippen molar-refractivity contribution in [3.63, 3.8) is 0 Å². The van der Waals surface area contributed by atoms with Gasteiger partial charge in [-0.3, -0.25) is 4.79 Å². The summed E-state index contributed by atoms with van der Waals surface area (Å²) in [6.45, 7) is 3.43. The van der Waals surface area contributed by atoms with E-state index in [9.17, 15) is 4.79 Å². The molecule has 0 spiro atoms. The number of carboxylic acids is 1. The monoisotopic (exact) mass is 280 g/mol. The molecule has 0 saturated heterocycles. The summed E-state index contributed by atoms with van der Waals surface area (Å²) in [6, 6.07) is 7.10. The van der Waals surface area contributed by atoms with Gasteiger partial charge in [0.25, 0.3) is 0 Å². The number of benzene rings is 1. The molecule has 0 aliphatic heterocycles. The van der Waals surface area contributed by atoms with Crippen LogP contribution in [0.1, 0.15) is 13.8 Å². The summed E-state index contributed by atoms with van der Waals surface area (Å²) in [6.07, 6.45) is 0. The molecule has 0 aliphatic rings. The quantitative estimate of drug-likeness (QED) is 0.927. The maximum Gasteiger partial charge on any atom is 0.310 e. The Bertz CT molecular complexity index is 609. The molecule has 0 radical (unpaired) electrons. The van der Waals surface area contributed by atoms with E-state index >= 15 is 0 Å². The highest BCUT2D eigenvalue weighted by atomic mass is 35.5. The van der Waals surface area contributed by atoms with Crippen LogP contribution in [0.5, 0.6) is 0 Å². The van der Waals surface area contributed by atoms with Crippen LogP contribution in [0.25, 0.3) is 11.4 Å². The minimum Gasteiger partial charge on any atom is -0.481 e. The van der Waals surface area contributed by atoms with E-state index in [2.05, 4.69) is 15.5 Å². The third kappa shape index (κ3) is 2.90. The van der Waals surface area contributed by atoms with Gasteiger partial charge < -0.3 is 5.11 Å². The second-order valence-electron chi connectivity index (χ2n) is 4.86. The van der Waals surface area contributed by atoms with Crippen molar-refractivity contribution in [1.82, 2.24) is 20.2 Å². The first-order chi connectivity index (χ1) is 8.90. The van der Waals surface area contributed by atoms with Crippen LogP contribution in [0.15, 0.2) is 24.3 Å². The summed E-state index contributed by atoms with van der Waals surface area (Å²) in [5, 5.41) is 21.1. The Balaban J connectivity index is 2.36. The van der Waals surface area contributed by atoms with Gasteiger partial charge in [-0.2, -0.15) is 0 Å².